The van der Waals surface area contributed by atoms with Crippen LogP contribution >= 0.6 is 11.6 Å². The van der Waals surface area contributed by atoms with Crippen molar-refractivity contribution in [3.8, 4) is 6.07 Å². The SMILES string of the molecule is CN(C)c1cc(NC2CCCN(c3ccc(C#N)cc3Cl)C2)ncn1. The Morgan fingerprint density at radius 1 is 1.32 bits per heavy atom. The van der Waals surface area contributed by atoms with E-state index in [1.54, 1.807) is 12.4 Å². The molecule has 0 saturated carbocycles. The van der Waals surface area contributed by atoms with Crippen molar-refractivity contribution in [2.45, 2.75) is 18.9 Å². The summed E-state index contributed by atoms with van der Waals surface area (Å²) in [5, 5.41) is 13.1. The molecule has 0 radical (unpaired) electrons. The molecule has 0 bridgehead atoms. The van der Waals surface area contributed by atoms with Gasteiger partial charge in [-0.2, -0.15) is 5.26 Å². The predicted molar refractivity (Wildman–Crippen MR) is 101 cm³/mol. The first-order valence-electron chi connectivity index (χ1n) is 8.27. The van der Waals surface area contributed by atoms with Crippen LogP contribution in [0, 0.1) is 11.3 Å². The molecule has 1 aromatic heterocycles. The molecule has 1 aliphatic rings. The quantitative estimate of drug-likeness (QED) is 0.907. The number of hydrogen-bond donors (Lipinski definition) is 1. The number of halogens is 1. The fraction of sp³-hybridized carbons (Fsp3) is 0.389. The van der Waals surface area contributed by atoms with Crippen LogP contribution < -0.4 is 15.1 Å². The van der Waals surface area contributed by atoms with Crippen LogP contribution in [-0.4, -0.2) is 43.2 Å². The summed E-state index contributed by atoms with van der Waals surface area (Å²) in [6.07, 6.45) is 3.72. The molecule has 0 aliphatic carbocycles. The lowest BCUT2D eigenvalue weighted by Gasteiger charge is -2.35. The third-order valence-corrected chi connectivity index (χ3v) is 4.60. The second-order valence-corrected chi connectivity index (χ2v) is 6.77. The first-order chi connectivity index (χ1) is 12.1. The molecule has 130 valence electrons. The molecule has 2 aromatic rings. The molecule has 1 aromatic carbocycles. The lowest BCUT2D eigenvalue weighted by Crippen LogP contribution is -2.42. The first kappa shape index (κ1) is 17.3. The molecule has 1 saturated heterocycles. The normalized spacial score (nSPS) is 17.0. The first-order valence-corrected chi connectivity index (χ1v) is 8.65. The number of anilines is 3. The highest BCUT2D eigenvalue weighted by Gasteiger charge is 2.22. The predicted octanol–water partition coefficient (Wildman–Crippen LogP) is 3.15. The van der Waals surface area contributed by atoms with Gasteiger partial charge >= 0.3 is 0 Å². The lowest BCUT2D eigenvalue weighted by molar-refractivity contribution is 0.529. The average molecular weight is 357 g/mol. The van der Waals surface area contributed by atoms with E-state index in [0.717, 1.165) is 43.3 Å². The maximum Gasteiger partial charge on any atom is 0.133 e. The third kappa shape index (κ3) is 4.12. The number of hydrogen-bond acceptors (Lipinski definition) is 6. The Bertz CT molecular complexity index is 785. The van der Waals surface area contributed by atoms with Crippen LogP contribution in [0.4, 0.5) is 17.3 Å². The molecule has 7 heteroatoms. The number of benzene rings is 1. The topological polar surface area (TPSA) is 68.1 Å². The molecule has 2 heterocycles. The van der Waals surface area contributed by atoms with Crippen LogP contribution in [-0.2, 0) is 0 Å². The van der Waals surface area contributed by atoms with Crippen molar-refractivity contribution in [2.75, 3.05) is 42.3 Å². The van der Waals surface area contributed by atoms with E-state index in [0.29, 0.717) is 10.6 Å². The zero-order valence-electron chi connectivity index (χ0n) is 14.4. The van der Waals surface area contributed by atoms with E-state index >= 15 is 0 Å². The van der Waals surface area contributed by atoms with Gasteiger partial charge in [0.25, 0.3) is 0 Å². The largest absolute Gasteiger partial charge is 0.368 e. The van der Waals surface area contributed by atoms with Gasteiger partial charge in [0, 0.05) is 39.3 Å². The molecule has 25 heavy (non-hydrogen) atoms. The zero-order valence-corrected chi connectivity index (χ0v) is 15.2. The van der Waals surface area contributed by atoms with Crippen LogP contribution in [0.1, 0.15) is 18.4 Å². The van der Waals surface area contributed by atoms with Gasteiger partial charge in [-0.3, -0.25) is 0 Å². The van der Waals surface area contributed by atoms with Crippen molar-refractivity contribution in [3.63, 3.8) is 0 Å². The Hall–Kier alpha value is -2.52. The summed E-state index contributed by atoms with van der Waals surface area (Å²) < 4.78 is 0. The third-order valence-electron chi connectivity index (χ3n) is 4.30. The standard InChI is InChI=1S/C18H21ClN6/c1-24(2)18-9-17(21-12-22-18)23-14-4-3-7-25(11-14)16-6-5-13(10-20)8-15(16)19/h5-6,8-9,12,14H,3-4,7,11H2,1-2H3,(H,21,22,23). The number of rotatable bonds is 4. The van der Waals surface area contributed by atoms with Gasteiger partial charge in [-0.15, -0.1) is 0 Å². The molecule has 1 fully saturated rings. The summed E-state index contributed by atoms with van der Waals surface area (Å²) >= 11 is 6.37. The van der Waals surface area contributed by atoms with Gasteiger partial charge in [0.15, 0.2) is 0 Å². The van der Waals surface area contributed by atoms with E-state index in [1.807, 2.05) is 37.2 Å². The minimum Gasteiger partial charge on any atom is -0.368 e. The maximum atomic E-state index is 8.98. The van der Waals surface area contributed by atoms with E-state index < -0.39 is 0 Å². The lowest BCUT2D eigenvalue weighted by atomic mass is 10.0. The number of nitriles is 1. The number of piperidine rings is 1. The highest BCUT2D eigenvalue weighted by Crippen LogP contribution is 2.29. The molecule has 3 rings (SSSR count). The highest BCUT2D eigenvalue weighted by molar-refractivity contribution is 6.33. The molecular weight excluding hydrogens is 336 g/mol. The molecule has 0 spiro atoms. The van der Waals surface area contributed by atoms with Crippen molar-refractivity contribution in [1.29, 1.82) is 5.26 Å². The van der Waals surface area contributed by atoms with Crippen LogP contribution in [0.25, 0.3) is 0 Å². The van der Waals surface area contributed by atoms with Gasteiger partial charge < -0.3 is 15.1 Å². The Morgan fingerprint density at radius 3 is 2.88 bits per heavy atom. The fourth-order valence-electron chi connectivity index (χ4n) is 3.03. The van der Waals surface area contributed by atoms with E-state index in [9.17, 15) is 0 Å². The van der Waals surface area contributed by atoms with Gasteiger partial charge in [0.2, 0.25) is 0 Å². The van der Waals surface area contributed by atoms with E-state index in [2.05, 4.69) is 26.3 Å². The number of nitrogens with one attached hydrogen (secondary N) is 1. The van der Waals surface area contributed by atoms with Crippen molar-refractivity contribution in [1.82, 2.24) is 9.97 Å². The summed E-state index contributed by atoms with van der Waals surface area (Å²) in [7, 11) is 3.92. The van der Waals surface area contributed by atoms with Crippen molar-refractivity contribution in [2.24, 2.45) is 0 Å². The van der Waals surface area contributed by atoms with Crippen molar-refractivity contribution in [3.05, 3.63) is 41.2 Å². The smallest absolute Gasteiger partial charge is 0.133 e. The second kappa shape index (κ2) is 7.58. The molecule has 1 aliphatic heterocycles. The highest BCUT2D eigenvalue weighted by atomic mass is 35.5. The second-order valence-electron chi connectivity index (χ2n) is 6.36. The molecule has 6 nitrogen and oxygen atoms in total. The Balaban J connectivity index is 1.71. The Morgan fingerprint density at radius 2 is 2.16 bits per heavy atom. The Kier molecular flexibility index (Phi) is 5.25. The van der Waals surface area contributed by atoms with Gasteiger partial charge in [-0.05, 0) is 31.0 Å². The number of aromatic nitrogens is 2. The van der Waals surface area contributed by atoms with Gasteiger partial charge in [0.1, 0.15) is 18.0 Å². The fourth-order valence-corrected chi connectivity index (χ4v) is 3.33. The van der Waals surface area contributed by atoms with Crippen LogP contribution in [0.15, 0.2) is 30.6 Å². The molecular formula is C18H21ClN6. The van der Waals surface area contributed by atoms with Crippen LogP contribution in [0.2, 0.25) is 5.02 Å². The van der Waals surface area contributed by atoms with Crippen LogP contribution in [0.5, 0.6) is 0 Å². The van der Waals surface area contributed by atoms with Gasteiger partial charge in [0.05, 0.1) is 22.3 Å². The molecule has 1 atom stereocenters. The van der Waals surface area contributed by atoms with Gasteiger partial charge in [-0.1, -0.05) is 11.6 Å². The van der Waals surface area contributed by atoms with Crippen molar-refractivity contribution >= 4 is 28.9 Å². The number of nitrogens with zero attached hydrogens (tertiary/aromatic N) is 5. The minimum atomic E-state index is 0.283. The summed E-state index contributed by atoms with van der Waals surface area (Å²) in [6, 6.07) is 9.82. The monoisotopic (exact) mass is 356 g/mol. The maximum absolute atomic E-state index is 8.98. The molecule has 0 amide bonds. The van der Waals surface area contributed by atoms with Crippen LogP contribution in [0.3, 0.4) is 0 Å². The average Bonchev–Trinajstić information content (AvgIpc) is 2.62. The summed E-state index contributed by atoms with van der Waals surface area (Å²) in [5.74, 6) is 1.71. The minimum absolute atomic E-state index is 0.283. The molecule has 1 N–H and O–H groups in total. The summed E-state index contributed by atoms with van der Waals surface area (Å²) in [4.78, 5) is 12.8. The summed E-state index contributed by atoms with van der Waals surface area (Å²) in [6.45, 7) is 1.80. The van der Waals surface area contributed by atoms with Gasteiger partial charge in [-0.25, -0.2) is 9.97 Å². The Labute approximate surface area is 153 Å². The van der Waals surface area contributed by atoms with E-state index in [-0.39, 0.29) is 6.04 Å². The van der Waals surface area contributed by atoms with E-state index in [1.165, 1.54) is 0 Å². The van der Waals surface area contributed by atoms with Crippen molar-refractivity contribution < 1.29 is 0 Å². The zero-order chi connectivity index (χ0) is 17.8. The van der Waals surface area contributed by atoms with E-state index in [4.69, 9.17) is 16.9 Å². The molecule has 1 unspecified atom stereocenters. The summed E-state index contributed by atoms with van der Waals surface area (Å²) in [5.41, 5.74) is 1.56.